The van der Waals surface area contributed by atoms with Crippen molar-refractivity contribution < 1.29 is 4.79 Å². The summed E-state index contributed by atoms with van der Waals surface area (Å²) in [6.07, 6.45) is 0.997. The lowest BCUT2D eigenvalue weighted by Crippen LogP contribution is -2.42. The van der Waals surface area contributed by atoms with Crippen LogP contribution in [0.5, 0.6) is 0 Å². The highest BCUT2D eigenvalue weighted by Gasteiger charge is 2.20. The summed E-state index contributed by atoms with van der Waals surface area (Å²) >= 11 is 0. The number of amides is 2. The molecule has 6 nitrogen and oxygen atoms in total. The summed E-state index contributed by atoms with van der Waals surface area (Å²) in [4.78, 5) is 14.0. The van der Waals surface area contributed by atoms with Crippen LogP contribution in [0.2, 0.25) is 0 Å². The van der Waals surface area contributed by atoms with Crippen LogP contribution >= 0.6 is 0 Å². The van der Waals surface area contributed by atoms with E-state index in [1.54, 1.807) is 12.1 Å². The number of nitrogens with two attached hydrogens (primary N) is 1. The number of carbonyl (C=O) groups is 1. The first kappa shape index (κ1) is 14.3. The Morgan fingerprint density at radius 1 is 1.45 bits per heavy atom. The first-order chi connectivity index (χ1) is 9.54. The quantitative estimate of drug-likeness (QED) is 0.475. The van der Waals surface area contributed by atoms with Gasteiger partial charge in [0.15, 0.2) is 0 Å². The van der Waals surface area contributed by atoms with Gasteiger partial charge in [0.25, 0.3) is 0 Å². The van der Waals surface area contributed by atoms with Crippen LogP contribution in [0.25, 0.3) is 0 Å². The number of hydrogen-bond acceptors (Lipinski definition) is 3. The molecule has 1 aliphatic heterocycles. The second-order valence-electron chi connectivity index (χ2n) is 5.19. The Balaban J connectivity index is 1.76. The largest absolute Gasteiger partial charge is 0.384 e. The Hall–Kier alpha value is -2.08. The van der Waals surface area contributed by atoms with E-state index >= 15 is 0 Å². The molecule has 0 aromatic heterocycles. The molecule has 1 fully saturated rings. The molecule has 1 saturated heterocycles. The molecule has 0 spiro atoms. The molecule has 5 N–H and O–H groups in total. The van der Waals surface area contributed by atoms with Gasteiger partial charge < -0.3 is 21.3 Å². The fourth-order valence-electron chi connectivity index (χ4n) is 2.27. The third-order valence-corrected chi connectivity index (χ3v) is 3.44. The number of likely N-dealkylation sites (tertiary alicyclic amines) is 1. The number of rotatable bonds is 4. The molecule has 0 bridgehead atoms. The van der Waals surface area contributed by atoms with Crippen LogP contribution in [0.4, 0.5) is 4.79 Å². The monoisotopic (exact) mass is 275 g/mol. The average Bonchev–Trinajstić information content (AvgIpc) is 2.82. The molecule has 1 aromatic carbocycles. The lowest BCUT2D eigenvalue weighted by atomic mass is 10.1. The van der Waals surface area contributed by atoms with Crippen LogP contribution in [-0.4, -0.2) is 42.9 Å². The maximum absolute atomic E-state index is 11.8. The maximum atomic E-state index is 11.8. The van der Waals surface area contributed by atoms with Gasteiger partial charge in [-0.1, -0.05) is 24.3 Å². The molecule has 2 rings (SSSR count). The molecule has 0 aliphatic carbocycles. The number of likely N-dealkylation sites (N-methyl/N-ethyl adjacent to an activating group) is 1. The van der Waals surface area contributed by atoms with Crippen molar-refractivity contribution in [2.45, 2.75) is 19.0 Å². The van der Waals surface area contributed by atoms with E-state index in [0.717, 1.165) is 25.1 Å². The Morgan fingerprint density at radius 2 is 2.15 bits per heavy atom. The van der Waals surface area contributed by atoms with E-state index in [-0.39, 0.29) is 17.9 Å². The van der Waals surface area contributed by atoms with Gasteiger partial charge in [0.2, 0.25) is 0 Å². The normalized spacial score (nSPS) is 18.8. The van der Waals surface area contributed by atoms with Crippen molar-refractivity contribution in [1.82, 2.24) is 15.5 Å². The molecular formula is C14H21N5O. The van der Waals surface area contributed by atoms with Crippen LogP contribution in [0.1, 0.15) is 17.5 Å². The summed E-state index contributed by atoms with van der Waals surface area (Å²) in [6.45, 7) is 2.39. The number of hydrogen-bond donors (Lipinski definition) is 4. The summed E-state index contributed by atoms with van der Waals surface area (Å²) in [7, 11) is 2.05. The van der Waals surface area contributed by atoms with Crippen LogP contribution in [0, 0.1) is 5.41 Å². The molecule has 0 unspecified atom stereocenters. The number of amidine groups is 1. The number of benzene rings is 1. The zero-order chi connectivity index (χ0) is 14.5. The molecule has 1 aliphatic rings. The minimum atomic E-state index is -0.138. The van der Waals surface area contributed by atoms with Gasteiger partial charge in [-0.2, -0.15) is 0 Å². The number of urea groups is 1. The van der Waals surface area contributed by atoms with Crippen molar-refractivity contribution in [3.8, 4) is 0 Å². The lowest BCUT2D eigenvalue weighted by molar-refractivity contribution is 0.236. The average molecular weight is 275 g/mol. The van der Waals surface area contributed by atoms with Crippen molar-refractivity contribution >= 4 is 11.9 Å². The number of nitrogens with zero attached hydrogens (tertiary/aromatic N) is 1. The van der Waals surface area contributed by atoms with Crippen molar-refractivity contribution in [1.29, 1.82) is 5.41 Å². The van der Waals surface area contributed by atoms with Crippen molar-refractivity contribution in [3.05, 3.63) is 35.4 Å². The van der Waals surface area contributed by atoms with E-state index < -0.39 is 0 Å². The molecule has 20 heavy (non-hydrogen) atoms. The molecule has 0 radical (unpaired) electrons. The van der Waals surface area contributed by atoms with E-state index in [1.165, 1.54) is 0 Å². The minimum Gasteiger partial charge on any atom is -0.384 e. The molecule has 1 aromatic rings. The van der Waals surface area contributed by atoms with Gasteiger partial charge in [-0.15, -0.1) is 0 Å². The zero-order valence-electron chi connectivity index (χ0n) is 11.6. The predicted octanol–water partition coefficient (Wildman–Crippen LogP) is 0.474. The molecule has 1 heterocycles. The molecular weight excluding hydrogens is 254 g/mol. The molecule has 108 valence electrons. The van der Waals surface area contributed by atoms with Gasteiger partial charge >= 0.3 is 6.03 Å². The smallest absolute Gasteiger partial charge is 0.315 e. The summed E-state index contributed by atoms with van der Waals surface area (Å²) < 4.78 is 0. The third-order valence-electron chi connectivity index (χ3n) is 3.44. The maximum Gasteiger partial charge on any atom is 0.315 e. The Kier molecular flexibility index (Phi) is 4.57. The van der Waals surface area contributed by atoms with Crippen LogP contribution in [0.15, 0.2) is 24.3 Å². The summed E-state index contributed by atoms with van der Waals surface area (Å²) in [5.74, 6) is 0.0487. The Bertz CT molecular complexity index is 485. The molecule has 0 saturated carbocycles. The SMILES string of the molecule is CN1CC[C@@H](NC(=O)NCc2ccc(C(=N)N)cc2)C1. The second kappa shape index (κ2) is 6.38. The fraction of sp³-hybridized carbons (Fsp3) is 0.429. The number of carbonyl (C=O) groups excluding carboxylic acids is 1. The zero-order valence-corrected chi connectivity index (χ0v) is 11.6. The number of nitrogen functional groups attached to an aromatic ring is 1. The van der Waals surface area contributed by atoms with Gasteiger partial charge in [0, 0.05) is 24.7 Å². The number of nitrogens with one attached hydrogen (secondary N) is 3. The molecule has 6 heteroatoms. The van der Waals surface area contributed by atoms with Gasteiger partial charge in [-0.05, 0) is 25.6 Å². The van der Waals surface area contributed by atoms with Crippen LogP contribution < -0.4 is 16.4 Å². The second-order valence-corrected chi connectivity index (χ2v) is 5.19. The highest BCUT2D eigenvalue weighted by atomic mass is 16.2. The first-order valence-corrected chi connectivity index (χ1v) is 6.71. The van der Waals surface area contributed by atoms with Crippen molar-refractivity contribution in [2.24, 2.45) is 5.73 Å². The topological polar surface area (TPSA) is 94.2 Å². The first-order valence-electron chi connectivity index (χ1n) is 6.71. The predicted molar refractivity (Wildman–Crippen MR) is 78.7 cm³/mol. The van der Waals surface area contributed by atoms with Gasteiger partial charge in [-0.3, -0.25) is 5.41 Å². The standard InChI is InChI=1S/C14H21N5O/c1-19-7-6-12(9-19)18-14(20)17-8-10-2-4-11(5-3-10)13(15)16/h2-5,12H,6-9H2,1H3,(H3,15,16)(H2,17,18,20)/t12-/m1/s1. The summed E-state index contributed by atoms with van der Waals surface area (Å²) in [5, 5.41) is 13.1. The van der Waals surface area contributed by atoms with Gasteiger partial charge in [-0.25, -0.2) is 4.79 Å². The van der Waals surface area contributed by atoms with Crippen LogP contribution in [0.3, 0.4) is 0 Å². The highest BCUT2D eigenvalue weighted by Crippen LogP contribution is 2.06. The summed E-state index contributed by atoms with van der Waals surface area (Å²) in [5.41, 5.74) is 7.06. The fourth-order valence-corrected chi connectivity index (χ4v) is 2.27. The van der Waals surface area contributed by atoms with Gasteiger partial charge in [0.1, 0.15) is 5.84 Å². The molecule has 2 amide bonds. The van der Waals surface area contributed by atoms with E-state index in [4.69, 9.17) is 11.1 Å². The Labute approximate surface area is 118 Å². The van der Waals surface area contributed by atoms with E-state index in [9.17, 15) is 4.79 Å². The minimum absolute atomic E-state index is 0.0487. The lowest BCUT2D eigenvalue weighted by Gasteiger charge is -2.13. The van der Waals surface area contributed by atoms with E-state index in [0.29, 0.717) is 12.1 Å². The molecule has 1 atom stereocenters. The van der Waals surface area contributed by atoms with Crippen molar-refractivity contribution in [2.75, 3.05) is 20.1 Å². The third kappa shape index (κ3) is 3.96. The summed E-state index contributed by atoms with van der Waals surface area (Å²) in [6, 6.07) is 7.38. The van der Waals surface area contributed by atoms with Crippen LogP contribution in [-0.2, 0) is 6.54 Å². The Morgan fingerprint density at radius 3 is 2.70 bits per heavy atom. The van der Waals surface area contributed by atoms with Crippen molar-refractivity contribution in [3.63, 3.8) is 0 Å². The van der Waals surface area contributed by atoms with E-state index in [1.807, 2.05) is 12.1 Å². The highest BCUT2D eigenvalue weighted by molar-refractivity contribution is 5.94. The van der Waals surface area contributed by atoms with E-state index in [2.05, 4.69) is 22.6 Å². The van der Waals surface area contributed by atoms with Gasteiger partial charge in [0.05, 0.1) is 0 Å².